The lowest BCUT2D eigenvalue weighted by atomic mass is 9.81. The maximum absolute atomic E-state index is 15.7. The Balaban J connectivity index is 0.904. The third-order valence-corrected chi connectivity index (χ3v) is 19.6. The summed E-state index contributed by atoms with van der Waals surface area (Å²) in [5, 5.41) is 18.0. The van der Waals surface area contributed by atoms with Crippen LogP contribution in [0, 0.1) is 12.7 Å². The number of halogens is 1. The number of aryl methyl sites for hydroxylation is 1. The summed E-state index contributed by atoms with van der Waals surface area (Å²) in [7, 11) is 14.9. The Morgan fingerprint density at radius 2 is 1.07 bits per heavy atom. The van der Waals surface area contributed by atoms with Gasteiger partial charge in [-0.3, -0.25) is 62.3 Å². The molecule has 2 atom stereocenters. The molecule has 3 aliphatic rings. The number of aliphatic hydroxyl groups is 1. The van der Waals surface area contributed by atoms with Gasteiger partial charge in [-0.15, -0.1) is 0 Å². The van der Waals surface area contributed by atoms with Crippen LogP contribution in [0.2, 0.25) is 0 Å². The molecule has 0 saturated carbocycles. The number of nitrogens with one attached hydrogen (secondary N) is 2. The topological polar surface area (TPSA) is 398 Å². The third kappa shape index (κ3) is 20.1. The lowest BCUT2D eigenvalue weighted by Crippen LogP contribution is -2.49. The van der Waals surface area contributed by atoms with Crippen molar-refractivity contribution in [3.05, 3.63) is 91.0 Å². The largest absolute Gasteiger partial charge is 0.458 e. The summed E-state index contributed by atoms with van der Waals surface area (Å²) in [5.74, 6) is -8.22. The molecule has 0 spiro atoms. The molecule has 4 aromatic rings. The summed E-state index contributed by atoms with van der Waals surface area (Å²) in [6.07, 6.45) is 2.01. The summed E-state index contributed by atoms with van der Waals surface area (Å²) in [6, 6.07) is 7.01. The molecule has 0 radical (unpaired) electrons. The number of hydrogen-bond acceptors (Lipinski definition) is 20. The van der Waals surface area contributed by atoms with Gasteiger partial charge >= 0.3 is 12.1 Å². The van der Waals surface area contributed by atoms with E-state index in [0.29, 0.717) is 81.6 Å². The van der Waals surface area contributed by atoms with E-state index in [1.54, 1.807) is 38.1 Å². The molecule has 13 amide bonds. The van der Waals surface area contributed by atoms with Crippen molar-refractivity contribution in [2.24, 2.45) is 5.73 Å². The fraction of sp³-hybridized carbons (Fsp3) is 0.528. The summed E-state index contributed by atoms with van der Waals surface area (Å²) in [6.45, 7) is -0.310. The minimum Gasteiger partial charge on any atom is -0.458 e. The van der Waals surface area contributed by atoms with Gasteiger partial charge in [-0.2, -0.15) is 0 Å². The van der Waals surface area contributed by atoms with Crippen LogP contribution >= 0.6 is 0 Å². The lowest BCUT2D eigenvalue weighted by Gasteiger charge is -2.31. The Morgan fingerprint density at radius 3 is 1.52 bits per heavy atom. The number of carbonyl (C=O) groups excluding carboxylic acids is 14. The number of hydrogen-bond donors (Lipinski definition) is 4. The number of fused-ring (bicyclic) bond motifs is 5. The van der Waals surface area contributed by atoms with Gasteiger partial charge < -0.3 is 89.4 Å². The second-order valence-electron chi connectivity index (χ2n) is 27.6. The van der Waals surface area contributed by atoms with Gasteiger partial charge in [0.1, 0.15) is 19.0 Å². The number of rotatable bonds is 32. The number of likely N-dealkylation sites (N-methyl/N-ethyl adjacent to an activating group) is 11. The number of aromatic nitrogens is 2. The molecule has 34 nitrogen and oxygen atoms in total. The first-order chi connectivity index (χ1) is 50.3. The normalized spacial score (nSPS) is 14.4. The van der Waals surface area contributed by atoms with E-state index in [1.165, 1.54) is 105 Å². The van der Waals surface area contributed by atoms with Gasteiger partial charge in [-0.1, -0.05) is 19.4 Å². The molecular formula is C72H97FN16O18. The van der Waals surface area contributed by atoms with Crippen LogP contribution in [0.5, 0.6) is 0 Å². The number of nitrogens with zero attached hydrogens (tertiary/aromatic N) is 13. The fourth-order valence-electron chi connectivity index (χ4n) is 12.3. The molecular weight excluding hydrogens is 1400 g/mol. The highest BCUT2D eigenvalue weighted by molar-refractivity contribution is 5.97. The number of amides is 13. The van der Waals surface area contributed by atoms with Crippen molar-refractivity contribution >= 4 is 99.5 Å². The highest BCUT2D eigenvalue weighted by atomic mass is 19.1. The van der Waals surface area contributed by atoms with Crippen molar-refractivity contribution in [3.8, 4) is 11.4 Å². The fourth-order valence-corrected chi connectivity index (χ4v) is 12.3. The zero-order chi connectivity index (χ0) is 79.4. The molecule has 0 fully saturated rings. The van der Waals surface area contributed by atoms with Gasteiger partial charge in [0.05, 0.1) is 101 Å². The smallest absolute Gasteiger partial charge is 0.407 e. The van der Waals surface area contributed by atoms with Gasteiger partial charge in [-0.05, 0) is 91.6 Å². The summed E-state index contributed by atoms with van der Waals surface area (Å²) < 4.78 is 28.3. The first kappa shape index (κ1) is 83.3. The lowest BCUT2D eigenvalue weighted by molar-refractivity contribution is -0.172. The van der Waals surface area contributed by atoms with E-state index in [2.05, 4.69) is 10.6 Å². The zero-order valence-electron chi connectivity index (χ0n) is 63.2. The van der Waals surface area contributed by atoms with Crippen molar-refractivity contribution in [3.63, 3.8) is 0 Å². The first-order valence-electron chi connectivity index (χ1n) is 34.8. The number of carbonyl (C=O) groups is 14. The van der Waals surface area contributed by atoms with E-state index < -0.39 is 147 Å². The number of alkyl carbamates (subject to hydrolysis) is 1. The van der Waals surface area contributed by atoms with Crippen LogP contribution in [0.25, 0.3) is 22.3 Å². The van der Waals surface area contributed by atoms with Gasteiger partial charge in [0.25, 0.3) is 5.56 Å². The van der Waals surface area contributed by atoms with Crippen LogP contribution in [-0.2, 0) is 110 Å². The molecule has 2 aliphatic heterocycles. The van der Waals surface area contributed by atoms with E-state index in [-0.39, 0.29) is 80.7 Å². The van der Waals surface area contributed by atoms with Crippen LogP contribution in [0.4, 0.5) is 14.9 Å². The monoisotopic (exact) mass is 1490 g/mol. The van der Waals surface area contributed by atoms with Crippen molar-refractivity contribution in [1.29, 1.82) is 0 Å². The average Bonchev–Trinajstić information content (AvgIpc) is 1.59. The number of pyridine rings is 2. The molecule has 2 aromatic carbocycles. The van der Waals surface area contributed by atoms with Crippen LogP contribution < -0.4 is 21.9 Å². The number of esters is 1. The van der Waals surface area contributed by atoms with Crippen molar-refractivity contribution < 1.29 is 86.1 Å². The van der Waals surface area contributed by atoms with Crippen LogP contribution in [0.15, 0.2) is 35.1 Å². The first-order valence-corrected chi connectivity index (χ1v) is 34.8. The number of nitrogens with two attached hydrogens (primary N) is 1. The molecule has 7 rings (SSSR count). The average molecular weight is 1490 g/mol. The predicted molar refractivity (Wildman–Crippen MR) is 385 cm³/mol. The van der Waals surface area contributed by atoms with E-state index in [4.69, 9.17) is 20.2 Å². The molecule has 0 unspecified atom stereocenters. The quantitative estimate of drug-likeness (QED) is 0.0310. The van der Waals surface area contributed by atoms with Gasteiger partial charge in [0.2, 0.25) is 70.9 Å². The summed E-state index contributed by atoms with van der Waals surface area (Å²) in [4.78, 5) is 215. The second kappa shape index (κ2) is 35.9. The SMILES string of the molecule is CC[C@@]1(O)C(=O)OCc2c1cc1n(c2=O)Cc2c-1nc1cc(F)c(C)c3c1c2[C@@H](NC(=O)OCc1ccc(NC(=O)CCCCCN)cc1CN(C)C(=O)CN(C)C(=O)CN(C)C(=O)CN(C)C(=O)CN(C)C(=O)CN(C)C(=O)CN(C)C(=O)CN(C)C(=O)CN(C)C(=O)CN(C)C(=O)CN(C)C(C)=O)CC3. The Labute approximate surface area is 618 Å². The van der Waals surface area contributed by atoms with E-state index in [0.717, 1.165) is 56.9 Å². The Hall–Kier alpha value is -11.0. The van der Waals surface area contributed by atoms with E-state index in [9.17, 15) is 77.0 Å². The molecule has 5 N–H and O–H groups in total. The van der Waals surface area contributed by atoms with E-state index >= 15 is 4.39 Å². The van der Waals surface area contributed by atoms with Gasteiger partial charge in [0.15, 0.2) is 5.60 Å². The minimum atomic E-state index is -2.10. The van der Waals surface area contributed by atoms with Crippen molar-refractivity contribution in [2.75, 3.05) is 155 Å². The Bertz CT molecular complexity index is 4260. The standard InChI is InChI=1S/C72H97FN16O18/c1-15-72(105)50-26-54-68-48(29-89(54)69(102)49(50)41-106-70(72)103)67-52(23-22-47-42(2)51(73)27-53(76-68)66(47)67)77-71(104)107-40-44-20-21-46(75-55(91)19-17-16-18-24-74)25-45(44)28-79(5)57(93)31-81(7)59(95)33-83(9)61(97)35-85(11)63(99)37-87(13)65(101)39-88(14)64(100)38-86(12)62(98)36-84(10)60(96)34-82(8)58(94)32-80(6)56(92)30-78(4)43(3)90/h20-21,25-27,52,105H,15-19,22-24,28-41,74H2,1-14H3,(H,75,91)(H,77,104)/t52-,72-/m0/s1. The molecule has 580 valence electrons. The predicted octanol–water partition coefficient (Wildman–Crippen LogP) is -0.539. The maximum Gasteiger partial charge on any atom is 0.407 e. The molecule has 1 aliphatic carbocycles. The number of cyclic esters (lactones) is 1. The van der Waals surface area contributed by atoms with Crippen LogP contribution in [-0.4, -0.2) is 301 Å². The van der Waals surface area contributed by atoms with E-state index in [1.807, 2.05) is 0 Å². The molecule has 2 aromatic heterocycles. The number of anilines is 1. The Morgan fingerprint density at radius 1 is 0.617 bits per heavy atom. The number of ether oxygens (including phenoxy) is 2. The van der Waals surface area contributed by atoms with Crippen molar-refractivity contribution in [1.82, 2.24) is 68.8 Å². The molecule has 35 heteroatoms. The van der Waals surface area contributed by atoms with Crippen LogP contribution in [0.3, 0.4) is 0 Å². The minimum absolute atomic E-state index is 0.00339. The summed E-state index contributed by atoms with van der Waals surface area (Å²) in [5.41, 5.74) is 7.70. The summed E-state index contributed by atoms with van der Waals surface area (Å²) >= 11 is 0. The molecule has 0 saturated heterocycles. The zero-order valence-corrected chi connectivity index (χ0v) is 63.2. The van der Waals surface area contributed by atoms with Gasteiger partial charge in [-0.25, -0.2) is 19.0 Å². The Kier molecular flexibility index (Phi) is 27.9. The number of unbranched alkanes of at least 4 members (excludes halogenated alkanes) is 2. The highest BCUT2D eigenvalue weighted by Gasteiger charge is 2.46. The molecule has 107 heavy (non-hydrogen) atoms. The number of benzene rings is 2. The van der Waals surface area contributed by atoms with Crippen LogP contribution in [0.1, 0.15) is 103 Å². The second-order valence-corrected chi connectivity index (χ2v) is 27.6. The highest BCUT2D eigenvalue weighted by Crippen LogP contribution is 2.46. The van der Waals surface area contributed by atoms with Gasteiger partial charge in [0, 0.05) is 126 Å². The third-order valence-electron chi connectivity index (χ3n) is 19.6. The van der Waals surface area contributed by atoms with Crippen molar-refractivity contribution in [2.45, 2.75) is 104 Å². The molecule has 4 heterocycles. The molecule has 0 bridgehead atoms. The maximum atomic E-state index is 15.7.